The van der Waals surface area contributed by atoms with Crippen LogP contribution in [-0.2, 0) is 0 Å². The SMILES string of the molecule is COc1cc2c(cc1[N+](=O)[O-])-c1ccc([N+](=O)[O-])cc1/C2=N/NC(N)=S. The fraction of sp³-hybridized carbons (Fsp3) is 0.0667. The van der Waals surface area contributed by atoms with Gasteiger partial charge in [-0.25, -0.2) is 0 Å². The molecule has 0 aliphatic heterocycles. The number of rotatable bonds is 4. The number of non-ortho nitro benzene ring substituents is 1. The molecular formula is C15H11N5O5S. The lowest BCUT2D eigenvalue weighted by Gasteiger charge is -2.06. The van der Waals surface area contributed by atoms with Gasteiger partial charge < -0.3 is 10.5 Å². The van der Waals surface area contributed by atoms with Crippen molar-refractivity contribution in [3.05, 3.63) is 61.7 Å². The number of ether oxygens (including phenoxy) is 1. The summed E-state index contributed by atoms with van der Waals surface area (Å²) in [6.45, 7) is 0. The number of methoxy groups -OCH3 is 1. The first-order valence-electron chi connectivity index (χ1n) is 7.12. The van der Waals surface area contributed by atoms with Crippen molar-refractivity contribution in [2.75, 3.05) is 7.11 Å². The molecule has 0 heterocycles. The zero-order chi connectivity index (χ0) is 19.0. The average Bonchev–Trinajstić information content (AvgIpc) is 2.90. The summed E-state index contributed by atoms with van der Waals surface area (Å²) >= 11 is 4.74. The van der Waals surface area contributed by atoms with E-state index >= 15 is 0 Å². The van der Waals surface area contributed by atoms with E-state index in [1.165, 1.54) is 37.4 Å². The van der Waals surface area contributed by atoms with Crippen LogP contribution in [0.5, 0.6) is 5.75 Å². The molecule has 0 saturated heterocycles. The number of thiocarbonyl (C=S) groups is 1. The summed E-state index contributed by atoms with van der Waals surface area (Å²) in [5.41, 5.74) is 9.82. The van der Waals surface area contributed by atoms with E-state index in [4.69, 9.17) is 22.7 Å². The van der Waals surface area contributed by atoms with Crippen LogP contribution < -0.4 is 15.9 Å². The molecule has 2 aromatic carbocycles. The third kappa shape index (κ3) is 2.80. The number of fused-ring (bicyclic) bond motifs is 3. The van der Waals surface area contributed by atoms with Gasteiger partial charge in [0.15, 0.2) is 10.9 Å². The normalized spacial score (nSPS) is 13.0. The van der Waals surface area contributed by atoms with Gasteiger partial charge in [0, 0.05) is 29.3 Å². The van der Waals surface area contributed by atoms with E-state index < -0.39 is 9.85 Å². The standard InChI is InChI=1S/C15H11N5O5S/c1-25-13-6-11-9(5-12(13)20(23)24)8-3-2-7(19(21)22)4-10(8)14(11)17-18-15(16)26/h2-6H,1H3,(H3,16,18,26)/b17-14-. The number of nitro groups is 2. The molecular weight excluding hydrogens is 362 g/mol. The first-order valence-corrected chi connectivity index (χ1v) is 7.53. The van der Waals surface area contributed by atoms with Gasteiger partial charge in [0.1, 0.15) is 0 Å². The fourth-order valence-corrected chi connectivity index (χ4v) is 2.79. The Morgan fingerprint density at radius 2 is 1.81 bits per heavy atom. The Morgan fingerprint density at radius 1 is 1.12 bits per heavy atom. The average molecular weight is 373 g/mol. The van der Waals surface area contributed by atoms with E-state index in [9.17, 15) is 20.2 Å². The lowest BCUT2D eigenvalue weighted by atomic mass is 10.0. The van der Waals surface area contributed by atoms with Gasteiger partial charge in [-0.2, -0.15) is 5.10 Å². The summed E-state index contributed by atoms with van der Waals surface area (Å²) in [6, 6.07) is 6.99. The molecule has 132 valence electrons. The number of hydrazone groups is 1. The van der Waals surface area contributed by atoms with Crippen LogP contribution in [-0.4, -0.2) is 27.8 Å². The van der Waals surface area contributed by atoms with Gasteiger partial charge in [-0.3, -0.25) is 25.7 Å². The van der Waals surface area contributed by atoms with Gasteiger partial charge in [-0.05, 0) is 35.5 Å². The highest BCUT2D eigenvalue weighted by Crippen LogP contribution is 2.43. The molecule has 0 fully saturated rings. The van der Waals surface area contributed by atoms with Crippen LogP contribution in [0.15, 0.2) is 35.4 Å². The molecule has 0 atom stereocenters. The van der Waals surface area contributed by atoms with Crippen molar-refractivity contribution in [2.24, 2.45) is 10.8 Å². The molecule has 1 aliphatic carbocycles. The van der Waals surface area contributed by atoms with Crippen molar-refractivity contribution in [3.63, 3.8) is 0 Å². The quantitative estimate of drug-likeness (QED) is 0.401. The minimum Gasteiger partial charge on any atom is -0.490 e. The molecule has 0 bridgehead atoms. The Labute approximate surface area is 151 Å². The number of nitrogens with zero attached hydrogens (tertiary/aromatic N) is 3. The molecule has 0 spiro atoms. The molecule has 0 radical (unpaired) electrons. The Morgan fingerprint density at radius 3 is 2.38 bits per heavy atom. The van der Waals surface area contributed by atoms with Crippen LogP contribution in [0, 0.1) is 20.2 Å². The van der Waals surface area contributed by atoms with Gasteiger partial charge in [-0.1, -0.05) is 0 Å². The van der Waals surface area contributed by atoms with Crippen LogP contribution in [0.4, 0.5) is 11.4 Å². The van der Waals surface area contributed by atoms with Crippen molar-refractivity contribution < 1.29 is 14.6 Å². The smallest absolute Gasteiger partial charge is 0.311 e. The highest BCUT2D eigenvalue weighted by molar-refractivity contribution is 7.80. The number of benzene rings is 2. The van der Waals surface area contributed by atoms with Crippen LogP contribution in [0.1, 0.15) is 11.1 Å². The molecule has 0 amide bonds. The van der Waals surface area contributed by atoms with E-state index in [1.807, 2.05) is 0 Å². The largest absolute Gasteiger partial charge is 0.490 e. The number of nitro benzene ring substituents is 2. The molecule has 0 aromatic heterocycles. The van der Waals surface area contributed by atoms with E-state index in [-0.39, 0.29) is 22.2 Å². The summed E-state index contributed by atoms with van der Waals surface area (Å²) < 4.78 is 5.09. The first kappa shape index (κ1) is 17.2. The van der Waals surface area contributed by atoms with Crippen molar-refractivity contribution in [3.8, 4) is 16.9 Å². The summed E-state index contributed by atoms with van der Waals surface area (Å²) in [6.07, 6.45) is 0. The summed E-state index contributed by atoms with van der Waals surface area (Å²) in [7, 11) is 1.31. The molecule has 3 N–H and O–H groups in total. The molecule has 3 rings (SSSR count). The highest BCUT2D eigenvalue weighted by atomic mass is 32.1. The highest BCUT2D eigenvalue weighted by Gasteiger charge is 2.31. The maximum Gasteiger partial charge on any atom is 0.311 e. The third-order valence-electron chi connectivity index (χ3n) is 3.81. The number of nitrogens with two attached hydrogens (primary N) is 1. The van der Waals surface area contributed by atoms with Gasteiger partial charge in [-0.15, -0.1) is 0 Å². The van der Waals surface area contributed by atoms with Crippen molar-refractivity contribution in [2.45, 2.75) is 0 Å². The van der Waals surface area contributed by atoms with Gasteiger partial charge in [0.05, 0.1) is 22.7 Å². The van der Waals surface area contributed by atoms with E-state index in [0.717, 1.165) is 0 Å². The zero-order valence-corrected chi connectivity index (χ0v) is 14.1. The molecule has 1 aliphatic rings. The van der Waals surface area contributed by atoms with Crippen molar-refractivity contribution >= 4 is 34.4 Å². The Kier molecular flexibility index (Phi) is 4.22. The van der Waals surface area contributed by atoms with Gasteiger partial charge in [0.25, 0.3) is 5.69 Å². The topological polar surface area (TPSA) is 146 Å². The Bertz CT molecular complexity index is 1000. The molecule has 2 aromatic rings. The summed E-state index contributed by atoms with van der Waals surface area (Å²) in [4.78, 5) is 21.3. The van der Waals surface area contributed by atoms with Crippen molar-refractivity contribution in [1.82, 2.24) is 5.43 Å². The van der Waals surface area contributed by atoms with Crippen LogP contribution >= 0.6 is 12.2 Å². The van der Waals surface area contributed by atoms with E-state index in [0.29, 0.717) is 28.0 Å². The Hall–Kier alpha value is -3.60. The second-order valence-electron chi connectivity index (χ2n) is 5.25. The fourth-order valence-electron chi connectivity index (χ4n) is 2.75. The first-order chi connectivity index (χ1) is 12.3. The zero-order valence-electron chi connectivity index (χ0n) is 13.3. The van der Waals surface area contributed by atoms with Gasteiger partial charge in [0.2, 0.25) is 0 Å². The lowest BCUT2D eigenvalue weighted by molar-refractivity contribution is -0.385. The second kappa shape index (κ2) is 6.37. The molecule has 10 nitrogen and oxygen atoms in total. The van der Waals surface area contributed by atoms with Crippen molar-refractivity contribution in [1.29, 1.82) is 0 Å². The number of hydrogen-bond acceptors (Lipinski definition) is 7. The van der Waals surface area contributed by atoms with Crippen LogP contribution in [0.3, 0.4) is 0 Å². The van der Waals surface area contributed by atoms with E-state index in [1.54, 1.807) is 0 Å². The third-order valence-corrected chi connectivity index (χ3v) is 3.90. The van der Waals surface area contributed by atoms with Crippen LogP contribution in [0.2, 0.25) is 0 Å². The molecule has 11 heteroatoms. The minimum absolute atomic E-state index is 0.0408. The van der Waals surface area contributed by atoms with E-state index in [2.05, 4.69) is 10.5 Å². The van der Waals surface area contributed by atoms with Crippen LogP contribution in [0.25, 0.3) is 11.1 Å². The van der Waals surface area contributed by atoms with Gasteiger partial charge >= 0.3 is 5.69 Å². The molecule has 26 heavy (non-hydrogen) atoms. The minimum atomic E-state index is -0.563. The predicted octanol–water partition coefficient (Wildman–Crippen LogP) is 2.08. The summed E-state index contributed by atoms with van der Waals surface area (Å²) in [5, 5.41) is 26.4. The second-order valence-corrected chi connectivity index (χ2v) is 5.69. The maximum absolute atomic E-state index is 11.3. The summed E-state index contributed by atoms with van der Waals surface area (Å²) in [5.74, 6) is 0.0408. The molecule has 0 unspecified atom stereocenters. The lowest BCUT2D eigenvalue weighted by Crippen LogP contribution is -2.25. The number of nitrogens with one attached hydrogen (secondary N) is 1. The molecule has 0 saturated carbocycles. The number of hydrogen-bond donors (Lipinski definition) is 2. The monoisotopic (exact) mass is 373 g/mol. The Balaban J connectivity index is 2.30. The predicted molar refractivity (Wildman–Crippen MR) is 97.3 cm³/mol. The maximum atomic E-state index is 11.3.